The van der Waals surface area contributed by atoms with E-state index in [2.05, 4.69) is 0 Å². The molecule has 0 atom stereocenters. The van der Waals surface area contributed by atoms with Crippen molar-refractivity contribution in [1.82, 2.24) is 0 Å². The smallest absolute Gasteiger partial charge is 0.137 e. The molecule has 1 aromatic rings. The van der Waals surface area contributed by atoms with Gasteiger partial charge in [-0.05, 0) is 51.7 Å². The quantitative estimate of drug-likeness (QED) is 0.690. The van der Waals surface area contributed by atoms with Crippen LogP contribution in [0.5, 0.6) is 0 Å². The van der Waals surface area contributed by atoms with Gasteiger partial charge >= 0.3 is 0 Å². The second kappa shape index (κ2) is 8.54. The predicted octanol–water partition coefficient (Wildman–Crippen LogP) is 3.01. The molecule has 0 amide bonds. The van der Waals surface area contributed by atoms with Gasteiger partial charge in [-0.1, -0.05) is 24.3 Å². The molecular weight excluding hydrogens is 304 g/mol. The molecule has 0 saturated heterocycles. The predicted molar refractivity (Wildman–Crippen MR) is 94.9 cm³/mol. The third-order valence-electron chi connectivity index (χ3n) is 3.86. The van der Waals surface area contributed by atoms with Crippen LogP contribution in [0.3, 0.4) is 0 Å². The molecular formula is C20H30O4. The molecule has 24 heavy (non-hydrogen) atoms. The third-order valence-corrected chi connectivity index (χ3v) is 3.86. The fourth-order valence-electron chi connectivity index (χ4n) is 2.30. The van der Waals surface area contributed by atoms with E-state index < -0.39 is 11.2 Å². The summed E-state index contributed by atoms with van der Waals surface area (Å²) in [6, 6.07) is 7.50. The van der Waals surface area contributed by atoms with Crippen LogP contribution in [-0.2, 0) is 22.4 Å². The standard InChI is InChI=1S/C20H30O4/c1-19(2,23)11-9-17(21)13-15-5-7-16(8-6-15)14-18(22)10-12-20(3,4)24/h5-8,23-24H,9-14H2,1-4H3. The summed E-state index contributed by atoms with van der Waals surface area (Å²) < 4.78 is 0. The van der Waals surface area contributed by atoms with Gasteiger partial charge in [0, 0.05) is 25.7 Å². The summed E-state index contributed by atoms with van der Waals surface area (Å²) in [7, 11) is 0. The molecule has 4 heteroatoms. The number of Topliss-reactive ketones (excluding diaryl/α,β-unsaturated/α-hetero) is 2. The average Bonchev–Trinajstić information content (AvgIpc) is 2.44. The SMILES string of the molecule is CC(C)(O)CCC(=O)Cc1ccc(CC(=O)CCC(C)(C)O)cc1. The number of carbonyl (C=O) groups excluding carboxylic acids is 2. The number of ketones is 2. The van der Waals surface area contributed by atoms with Crippen LogP contribution in [0.25, 0.3) is 0 Å². The van der Waals surface area contributed by atoms with Gasteiger partial charge in [0.05, 0.1) is 11.2 Å². The summed E-state index contributed by atoms with van der Waals surface area (Å²) in [5.41, 5.74) is 0.207. The van der Waals surface area contributed by atoms with E-state index in [9.17, 15) is 19.8 Å². The third kappa shape index (κ3) is 9.58. The molecule has 0 fully saturated rings. The minimum atomic E-state index is -0.816. The summed E-state index contributed by atoms with van der Waals surface area (Å²) in [6.07, 6.45) is 2.34. The van der Waals surface area contributed by atoms with Crippen molar-refractivity contribution < 1.29 is 19.8 Å². The Morgan fingerprint density at radius 1 is 0.750 bits per heavy atom. The molecule has 2 N–H and O–H groups in total. The second-order valence-corrected chi connectivity index (χ2v) is 7.87. The molecule has 0 aromatic heterocycles. The monoisotopic (exact) mass is 334 g/mol. The van der Waals surface area contributed by atoms with Gasteiger partial charge in [0.15, 0.2) is 0 Å². The maximum absolute atomic E-state index is 11.9. The Bertz CT molecular complexity index is 493. The molecule has 0 aliphatic rings. The first-order chi connectivity index (χ1) is 10.9. The van der Waals surface area contributed by atoms with Gasteiger partial charge in [-0.25, -0.2) is 0 Å². The first-order valence-electron chi connectivity index (χ1n) is 8.51. The topological polar surface area (TPSA) is 74.6 Å². The van der Waals surface area contributed by atoms with E-state index in [4.69, 9.17) is 0 Å². The average molecular weight is 334 g/mol. The summed E-state index contributed by atoms with van der Waals surface area (Å²) in [5, 5.41) is 19.3. The zero-order valence-corrected chi connectivity index (χ0v) is 15.3. The van der Waals surface area contributed by atoms with Crippen molar-refractivity contribution in [2.45, 2.75) is 77.4 Å². The maximum Gasteiger partial charge on any atom is 0.137 e. The highest BCUT2D eigenvalue weighted by Gasteiger charge is 2.16. The lowest BCUT2D eigenvalue weighted by molar-refractivity contribution is -0.120. The molecule has 0 aliphatic heterocycles. The molecule has 0 radical (unpaired) electrons. The second-order valence-electron chi connectivity index (χ2n) is 7.87. The molecule has 1 aromatic carbocycles. The van der Waals surface area contributed by atoms with Gasteiger partial charge in [-0.2, -0.15) is 0 Å². The van der Waals surface area contributed by atoms with E-state index in [0.29, 0.717) is 38.5 Å². The molecule has 0 bridgehead atoms. The van der Waals surface area contributed by atoms with Crippen molar-refractivity contribution in [3.8, 4) is 0 Å². The fraction of sp³-hybridized carbons (Fsp3) is 0.600. The molecule has 1 rings (SSSR count). The Labute approximate surface area is 144 Å². The molecule has 0 saturated carbocycles. The van der Waals surface area contributed by atoms with Crippen LogP contribution in [0.4, 0.5) is 0 Å². The summed E-state index contributed by atoms with van der Waals surface area (Å²) in [5.74, 6) is 0.206. The highest BCUT2D eigenvalue weighted by Crippen LogP contribution is 2.15. The van der Waals surface area contributed by atoms with E-state index in [-0.39, 0.29) is 11.6 Å². The van der Waals surface area contributed by atoms with Crippen LogP contribution in [-0.4, -0.2) is 33.0 Å². The van der Waals surface area contributed by atoms with Crippen molar-refractivity contribution in [1.29, 1.82) is 0 Å². The lowest BCUT2D eigenvalue weighted by Gasteiger charge is -2.16. The van der Waals surface area contributed by atoms with E-state index >= 15 is 0 Å². The van der Waals surface area contributed by atoms with Crippen molar-refractivity contribution in [3.05, 3.63) is 35.4 Å². The highest BCUT2D eigenvalue weighted by molar-refractivity contribution is 5.82. The van der Waals surface area contributed by atoms with Crippen LogP contribution in [0.2, 0.25) is 0 Å². The Kier molecular flexibility index (Phi) is 7.30. The molecule has 0 heterocycles. The molecule has 0 spiro atoms. The number of hydrogen-bond acceptors (Lipinski definition) is 4. The van der Waals surface area contributed by atoms with Crippen LogP contribution < -0.4 is 0 Å². The fourth-order valence-corrected chi connectivity index (χ4v) is 2.30. The number of aliphatic hydroxyl groups is 2. The molecule has 4 nitrogen and oxygen atoms in total. The lowest BCUT2D eigenvalue weighted by atomic mass is 9.96. The van der Waals surface area contributed by atoms with Gasteiger partial charge in [-0.3, -0.25) is 9.59 Å². The van der Waals surface area contributed by atoms with Gasteiger partial charge in [0.2, 0.25) is 0 Å². The van der Waals surface area contributed by atoms with Crippen LogP contribution in [0.15, 0.2) is 24.3 Å². The number of rotatable bonds is 10. The van der Waals surface area contributed by atoms with Gasteiger partial charge in [0.1, 0.15) is 11.6 Å². The summed E-state index contributed by atoms with van der Waals surface area (Å²) >= 11 is 0. The highest BCUT2D eigenvalue weighted by atomic mass is 16.3. The van der Waals surface area contributed by atoms with E-state index in [0.717, 1.165) is 11.1 Å². The summed E-state index contributed by atoms with van der Waals surface area (Å²) in [6.45, 7) is 6.79. The zero-order valence-electron chi connectivity index (χ0n) is 15.3. The molecule has 134 valence electrons. The lowest BCUT2D eigenvalue weighted by Crippen LogP contribution is -2.20. The van der Waals surface area contributed by atoms with Crippen molar-refractivity contribution in [3.63, 3.8) is 0 Å². The van der Waals surface area contributed by atoms with Crippen molar-refractivity contribution in [2.75, 3.05) is 0 Å². The number of benzene rings is 1. The zero-order chi connectivity index (χ0) is 18.4. The number of carbonyl (C=O) groups is 2. The van der Waals surface area contributed by atoms with Gasteiger partial charge in [0.25, 0.3) is 0 Å². The van der Waals surface area contributed by atoms with Gasteiger partial charge in [-0.15, -0.1) is 0 Å². The Hall–Kier alpha value is -1.52. The molecule has 0 aliphatic carbocycles. The van der Waals surface area contributed by atoms with E-state index in [1.165, 1.54) is 0 Å². The minimum Gasteiger partial charge on any atom is -0.390 e. The van der Waals surface area contributed by atoms with Crippen LogP contribution in [0.1, 0.15) is 64.5 Å². The minimum absolute atomic E-state index is 0.103. The Morgan fingerprint density at radius 3 is 1.29 bits per heavy atom. The van der Waals surface area contributed by atoms with Crippen LogP contribution >= 0.6 is 0 Å². The Balaban J connectivity index is 2.45. The first kappa shape index (κ1) is 20.5. The van der Waals surface area contributed by atoms with Crippen molar-refractivity contribution >= 4 is 11.6 Å². The van der Waals surface area contributed by atoms with E-state index in [1.807, 2.05) is 24.3 Å². The van der Waals surface area contributed by atoms with E-state index in [1.54, 1.807) is 27.7 Å². The first-order valence-corrected chi connectivity index (χ1v) is 8.51. The maximum atomic E-state index is 11.9. The van der Waals surface area contributed by atoms with Crippen LogP contribution in [0, 0.1) is 0 Å². The number of hydrogen-bond donors (Lipinski definition) is 2. The molecule has 0 unspecified atom stereocenters. The van der Waals surface area contributed by atoms with Gasteiger partial charge < -0.3 is 10.2 Å². The summed E-state index contributed by atoms with van der Waals surface area (Å²) in [4.78, 5) is 23.8. The normalized spacial score (nSPS) is 12.2. The van der Waals surface area contributed by atoms with Crippen molar-refractivity contribution in [2.24, 2.45) is 0 Å². The largest absolute Gasteiger partial charge is 0.390 e. The Morgan fingerprint density at radius 2 is 1.04 bits per heavy atom.